The van der Waals surface area contributed by atoms with Gasteiger partial charge in [0.1, 0.15) is 11.5 Å². The Kier molecular flexibility index (Phi) is 4.22. The lowest BCUT2D eigenvalue weighted by molar-refractivity contribution is -0.141. The van der Waals surface area contributed by atoms with E-state index >= 15 is 0 Å². The highest BCUT2D eigenvalue weighted by Gasteiger charge is 2.32. The number of nitrogens with zero attached hydrogens (tertiary/aromatic N) is 1. The molecule has 2 aromatic rings. The lowest BCUT2D eigenvalue weighted by atomic mass is 10.2. The molecule has 0 spiro atoms. The van der Waals surface area contributed by atoms with Gasteiger partial charge in [0.2, 0.25) is 0 Å². The number of hydrogen-bond donors (Lipinski definition) is 2. The van der Waals surface area contributed by atoms with Gasteiger partial charge in [0.15, 0.2) is 0 Å². The Morgan fingerprint density at radius 1 is 1.24 bits per heavy atom. The van der Waals surface area contributed by atoms with Gasteiger partial charge in [-0.3, -0.25) is 0 Å². The number of aromatic nitrogens is 1. The Bertz CT molecular complexity index is 658. The second kappa shape index (κ2) is 5.77. The van der Waals surface area contributed by atoms with Crippen molar-refractivity contribution in [1.82, 2.24) is 4.98 Å². The topological polar surface area (TPSA) is 50.9 Å². The minimum atomic E-state index is -4.55. The molecule has 0 aliphatic rings. The number of hydrogen-bond acceptors (Lipinski definition) is 3. The van der Waals surface area contributed by atoms with Crippen LogP contribution >= 0.6 is 11.6 Å². The predicted molar refractivity (Wildman–Crippen MR) is 72.4 cm³/mol. The fourth-order valence-corrected chi connectivity index (χ4v) is 1.82. The van der Waals surface area contributed by atoms with Crippen LogP contribution in [0.25, 0.3) is 0 Å². The first-order valence-electron chi connectivity index (χ1n) is 5.78. The molecular weight excluding hydrogens is 310 g/mol. The standard InChI is InChI=1S/C13H10ClF4N3/c14-8-3-7(1-2-9(8)15)5-20-11-4-12(13(16,17)18)21-6-10(11)19/h1-4,6H,5,19H2,(H,20,21). The summed E-state index contributed by atoms with van der Waals surface area (Å²) in [6.45, 7) is 0.144. The average Bonchev–Trinajstić information content (AvgIpc) is 2.40. The van der Waals surface area contributed by atoms with Crippen molar-refractivity contribution in [2.75, 3.05) is 11.1 Å². The lowest BCUT2D eigenvalue weighted by Gasteiger charge is -2.12. The number of halogens is 5. The number of benzene rings is 1. The van der Waals surface area contributed by atoms with E-state index in [0.717, 1.165) is 12.3 Å². The average molecular weight is 320 g/mol. The zero-order valence-electron chi connectivity index (χ0n) is 10.5. The summed E-state index contributed by atoms with van der Waals surface area (Å²) >= 11 is 5.63. The Morgan fingerprint density at radius 3 is 2.57 bits per heavy atom. The predicted octanol–water partition coefficient (Wildman–Crippen LogP) is 4.09. The molecule has 21 heavy (non-hydrogen) atoms. The maximum atomic E-state index is 13.0. The monoisotopic (exact) mass is 319 g/mol. The number of nitrogens with one attached hydrogen (secondary N) is 1. The van der Waals surface area contributed by atoms with Crippen LogP contribution in [0.1, 0.15) is 11.3 Å². The molecule has 0 atom stereocenters. The van der Waals surface area contributed by atoms with Crippen LogP contribution < -0.4 is 11.1 Å². The number of rotatable bonds is 3. The highest BCUT2D eigenvalue weighted by atomic mass is 35.5. The number of nitrogen functional groups attached to an aromatic ring is 1. The summed E-state index contributed by atoms with van der Waals surface area (Å²) < 4.78 is 50.7. The van der Waals surface area contributed by atoms with Crippen molar-refractivity contribution in [3.05, 3.63) is 52.6 Å². The van der Waals surface area contributed by atoms with E-state index in [2.05, 4.69) is 10.3 Å². The smallest absolute Gasteiger partial charge is 0.396 e. The third kappa shape index (κ3) is 3.75. The Balaban J connectivity index is 2.17. The van der Waals surface area contributed by atoms with Crippen LogP contribution in [0, 0.1) is 5.82 Å². The van der Waals surface area contributed by atoms with Crippen LogP contribution in [-0.4, -0.2) is 4.98 Å². The summed E-state index contributed by atoms with van der Waals surface area (Å²) in [5.41, 5.74) is 5.31. The molecule has 8 heteroatoms. The van der Waals surface area contributed by atoms with Gasteiger partial charge in [0.05, 0.1) is 22.6 Å². The summed E-state index contributed by atoms with van der Waals surface area (Å²) in [7, 11) is 0. The van der Waals surface area contributed by atoms with Crippen molar-refractivity contribution in [1.29, 1.82) is 0 Å². The Morgan fingerprint density at radius 2 is 1.95 bits per heavy atom. The van der Waals surface area contributed by atoms with Crippen molar-refractivity contribution in [3.63, 3.8) is 0 Å². The van der Waals surface area contributed by atoms with Crippen molar-refractivity contribution in [2.24, 2.45) is 0 Å². The van der Waals surface area contributed by atoms with E-state index < -0.39 is 17.7 Å². The molecule has 112 valence electrons. The van der Waals surface area contributed by atoms with E-state index in [-0.39, 0.29) is 22.9 Å². The molecule has 0 fully saturated rings. The minimum absolute atomic E-state index is 0.0621. The van der Waals surface area contributed by atoms with Gasteiger partial charge in [-0.2, -0.15) is 13.2 Å². The van der Waals surface area contributed by atoms with Crippen molar-refractivity contribution < 1.29 is 17.6 Å². The van der Waals surface area contributed by atoms with Crippen LogP contribution in [0.5, 0.6) is 0 Å². The van der Waals surface area contributed by atoms with Crippen LogP contribution in [0.15, 0.2) is 30.5 Å². The van der Waals surface area contributed by atoms with E-state index in [1.54, 1.807) is 0 Å². The van der Waals surface area contributed by atoms with Gasteiger partial charge in [-0.15, -0.1) is 0 Å². The molecule has 0 radical (unpaired) electrons. The van der Waals surface area contributed by atoms with Crippen LogP contribution in [0.3, 0.4) is 0 Å². The quantitative estimate of drug-likeness (QED) is 0.838. The number of pyridine rings is 1. The highest BCUT2D eigenvalue weighted by molar-refractivity contribution is 6.30. The second-order valence-corrected chi connectivity index (χ2v) is 4.66. The van der Waals surface area contributed by atoms with Crippen LogP contribution in [-0.2, 0) is 12.7 Å². The number of nitrogens with two attached hydrogens (primary N) is 1. The molecule has 2 rings (SSSR count). The van der Waals surface area contributed by atoms with Gasteiger partial charge in [0, 0.05) is 6.54 Å². The van der Waals surface area contributed by atoms with Crippen molar-refractivity contribution in [3.8, 4) is 0 Å². The van der Waals surface area contributed by atoms with Gasteiger partial charge in [-0.25, -0.2) is 9.37 Å². The fourth-order valence-electron chi connectivity index (χ4n) is 1.62. The molecule has 3 N–H and O–H groups in total. The first-order chi connectivity index (χ1) is 9.77. The van der Waals surface area contributed by atoms with Gasteiger partial charge in [-0.05, 0) is 23.8 Å². The van der Waals surface area contributed by atoms with Gasteiger partial charge in [-0.1, -0.05) is 17.7 Å². The maximum absolute atomic E-state index is 13.0. The van der Waals surface area contributed by atoms with E-state index in [1.165, 1.54) is 18.2 Å². The largest absolute Gasteiger partial charge is 0.433 e. The molecule has 0 bridgehead atoms. The van der Waals surface area contributed by atoms with E-state index in [0.29, 0.717) is 5.56 Å². The zero-order valence-corrected chi connectivity index (χ0v) is 11.3. The molecule has 1 heterocycles. The number of anilines is 2. The van der Waals surface area contributed by atoms with E-state index in [1.807, 2.05) is 0 Å². The van der Waals surface area contributed by atoms with Gasteiger partial charge in [0.25, 0.3) is 0 Å². The summed E-state index contributed by atoms with van der Waals surface area (Å²) in [5.74, 6) is -0.566. The molecule has 0 amide bonds. The first-order valence-corrected chi connectivity index (χ1v) is 6.15. The first kappa shape index (κ1) is 15.4. The summed E-state index contributed by atoms with van der Waals surface area (Å²) in [5, 5.41) is 2.68. The second-order valence-electron chi connectivity index (χ2n) is 4.26. The summed E-state index contributed by atoms with van der Waals surface area (Å²) in [6, 6.07) is 4.85. The molecular formula is C13H10ClF4N3. The molecule has 0 saturated heterocycles. The summed E-state index contributed by atoms with van der Waals surface area (Å²) in [6.07, 6.45) is -3.62. The molecule has 0 saturated carbocycles. The fraction of sp³-hybridized carbons (Fsp3) is 0.154. The van der Waals surface area contributed by atoms with E-state index in [4.69, 9.17) is 17.3 Å². The highest BCUT2D eigenvalue weighted by Crippen LogP contribution is 2.31. The maximum Gasteiger partial charge on any atom is 0.433 e. The van der Waals surface area contributed by atoms with Crippen molar-refractivity contribution >= 4 is 23.0 Å². The van der Waals surface area contributed by atoms with Crippen molar-refractivity contribution in [2.45, 2.75) is 12.7 Å². The zero-order chi connectivity index (χ0) is 15.6. The lowest BCUT2D eigenvalue weighted by Crippen LogP contribution is -2.10. The van der Waals surface area contributed by atoms with Crippen LogP contribution in [0.2, 0.25) is 5.02 Å². The molecule has 1 aromatic carbocycles. The molecule has 1 aromatic heterocycles. The molecule has 0 aliphatic carbocycles. The Hall–Kier alpha value is -2.02. The molecule has 0 unspecified atom stereocenters. The molecule has 3 nitrogen and oxygen atoms in total. The van der Waals surface area contributed by atoms with Gasteiger partial charge < -0.3 is 11.1 Å². The third-order valence-corrected chi connectivity index (χ3v) is 2.98. The van der Waals surface area contributed by atoms with E-state index in [9.17, 15) is 17.6 Å². The summed E-state index contributed by atoms with van der Waals surface area (Å²) in [4.78, 5) is 3.23. The van der Waals surface area contributed by atoms with Gasteiger partial charge >= 0.3 is 6.18 Å². The number of alkyl halides is 3. The third-order valence-electron chi connectivity index (χ3n) is 2.69. The molecule has 0 aliphatic heterocycles. The minimum Gasteiger partial charge on any atom is -0.396 e. The Labute approximate surface area is 122 Å². The SMILES string of the molecule is Nc1cnc(C(F)(F)F)cc1NCc1ccc(F)c(Cl)c1. The normalized spacial score (nSPS) is 11.5. The van der Waals surface area contributed by atoms with Crippen LogP contribution in [0.4, 0.5) is 28.9 Å².